The second-order valence-corrected chi connectivity index (χ2v) is 7.30. The van der Waals surface area contributed by atoms with E-state index < -0.39 is 0 Å². The van der Waals surface area contributed by atoms with Gasteiger partial charge in [-0.15, -0.1) is 0 Å². The highest BCUT2D eigenvalue weighted by molar-refractivity contribution is 9.10. The van der Waals surface area contributed by atoms with Crippen LogP contribution in [0.2, 0.25) is 0 Å². The van der Waals surface area contributed by atoms with E-state index in [9.17, 15) is 0 Å². The normalized spacial score (nSPS) is 21.6. The molecule has 0 radical (unpaired) electrons. The molecule has 1 fully saturated rings. The lowest BCUT2D eigenvalue weighted by Gasteiger charge is -2.21. The van der Waals surface area contributed by atoms with E-state index in [4.69, 9.17) is 0 Å². The van der Waals surface area contributed by atoms with Gasteiger partial charge in [-0.2, -0.15) is 0 Å². The van der Waals surface area contributed by atoms with Crippen molar-refractivity contribution in [2.45, 2.75) is 45.7 Å². The Bertz CT molecular complexity index is 402. The predicted molar refractivity (Wildman–Crippen MR) is 90.1 cm³/mol. The van der Waals surface area contributed by atoms with Gasteiger partial charge in [0.2, 0.25) is 0 Å². The first-order valence-corrected chi connectivity index (χ1v) is 8.55. The number of halogens is 1. The molecule has 1 aromatic rings. The van der Waals surface area contributed by atoms with Gasteiger partial charge in [-0.05, 0) is 70.3 Å². The molecule has 0 spiro atoms. The van der Waals surface area contributed by atoms with Crippen LogP contribution in [0, 0.1) is 5.92 Å². The molecule has 0 bridgehead atoms. The molecule has 0 saturated carbocycles. The summed E-state index contributed by atoms with van der Waals surface area (Å²) >= 11 is 3.48. The number of rotatable bonds is 6. The maximum Gasteiger partial charge on any atom is 0.0175 e. The summed E-state index contributed by atoms with van der Waals surface area (Å²) < 4.78 is 1.15. The third-order valence-electron chi connectivity index (χ3n) is 4.26. The van der Waals surface area contributed by atoms with E-state index in [0.717, 1.165) is 23.4 Å². The molecule has 0 aromatic heterocycles. The maximum atomic E-state index is 3.71. The molecule has 1 aliphatic rings. The monoisotopic (exact) mass is 338 g/mol. The lowest BCUT2D eigenvalue weighted by atomic mass is 10.1. The number of nitrogens with zero attached hydrogens (tertiary/aromatic N) is 1. The fraction of sp³-hybridized carbons (Fsp3) is 0.647. The highest BCUT2D eigenvalue weighted by atomic mass is 79.9. The van der Waals surface area contributed by atoms with Crippen LogP contribution in [0.4, 0.5) is 0 Å². The largest absolute Gasteiger partial charge is 0.314 e. The average Bonchev–Trinajstić information content (AvgIpc) is 2.88. The molecule has 1 aliphatic heterocycles. The molecule has 1 N–H and O–H groups in total. The lowest BCUT2D eigenvalue weighted by Crippen LogP contribution is -2.35. The first-order valence-electron chi connectivity index (χ1n) is 7.76. The van der Waals surface area contributed by atoms with Crippen LogP contribution in [-0.2, 0) is 6.42 Å². The van der Waals surface area contributed by atoms with Gasteiger partial charge in [0.05, 0.1) is 0 Å². The Morgan fingerprint density at radius 3 is 2.55 bits per heavy atom. The van der Waals surface area contributed by atoms with Gasteiger partial charge in [0, 0.05) is 23.1 Å². The average molecular weight is 339 g/mol. The van der Waals surface area contributed by atoms with Crippen LogP contribution in [0.25, 0.3) is 0 Å². The van der Waals surface area contributed by atoms with Crippen molar-refractivity contribution in [3.63, 3.8) is 0 Å². The summed E-state index contributed by atoms with van der Waals surface area (Å²) in [5.74, 6) is 0.824. The summed E-state index contributed by atoms with van der Waals surface area (Å²) in [6.07, 6.45) is 2.45. The molecule has 0 amide bonds. The molecular formula is C17H27BrN2. The van der Waals surface area contributed by atoms with Crippen molar-refractivity contribution in [1.82, 2.24) is 10.2 Å². The molecule has 1 saturated heterocycles. The molecule has 2 rings (SSSR count). The van der Waals surface area contributed by atoms with Crippen LogP contribution in [0.3, 0.4) is 0 Å². The summed E-state index contributed by atoms with van der Waals surface area (Å²) in [7, 11) is 0. The lowest BCUT2D eigenvalue weighted by molar-refractivity contribution is 0.263. The van der Waals surface area contributed by atoms with Crippen molar-refractivity contribution in [1.29, 1.82) is 0 Å². The first kappa shape index (κ1) is 16.0. The van der Waals surface area contributed by atoms with Crippen LogP contribution >= 0.6 is 15.9 Å². The number of hydrogen-bond donors (Lipinski definition) is 1. The van der Waals surface area contributed by atoms with Gasteiger partial charge in [-0.3, -0.25) is 0 Å². The zero-order chi connectivity index (χ0) is 14.5. The molecule has 2 nitrogen and oxygen atoms in total. The Hall–Kier alpha value is -0.380. The summed E-state index contributed by atoms with van der Waals surface area (Å²) in [4.78, 5) is 2.59. The smallest absolute Gasteiger partial charge is 0.0175 e. The van der Waals surface area contributed by atoms with Gasteiger partial charge < -0.3 is 10.2 Å². The third-order valence-corrected chi connectivity index (χ3v) is 4.79. The first-order chi connectivity index (χ1) is 9.54. The minimum Gasteiger partial charge on any atom is -0.314 e. The second-order valence-electron chi connectivity index (χ2n) is 6.38. The van der Waals surface area contributed by atoms with Gasteiger partial charge >= 0.3 is 0 Å². The zero-order valence-electron chi connectivity index (χ0n) is 12.9. The Labute approximate surface area is 132 Å². The van der Waals surface area contributed by atoms with E-state index in [2.05, 4.69) is 71.2 Å². The highest BCUT2D eigenvalue weighted by Gasteiger charge is 2.24. The topological polar surface area (TPSA) is 15.3 Å². The zero-order valence-corrected chi connectivity index (χ0v) is 14.5. The molecule has 0 aliphatic carbocycles. The Morgan fingerprint density at radius 1 is 1.25 bits per heavy atom. The number of likely N-dealkylation sites (tertiary alicyclic amines) is 1. The molecular weight excluding hydrogens is 312 g/mol. The summed E-state index contributed by atoms with van der Waals surface area (Å²) in [5, 5.41) is 3.71. The van der Waals surface area contributed by atoms with Crippen molar-refractivity contribution in [2.24, 2.45) is 5.92 Å². The number of hydrogen-bond acceptors (Lipinski definition) is 2. The second kappa shape index (κ2) is 7.58. The van der Waals surface area contributed by atoms with Crippen molar-refractivity contribution >= 4 is 15.9 Å². The number of nitrogens with one attached hydrogen (secondary N) is 1. The fourth-order valence-corrected chi connectivity index (χ4v) is 3.18. The van der Waals surface area contributed by atoms with E-state index in [1.807, 2.05) is 0 Å². The standard InChI is InChI=1S/C17H27BrN2/c1-13(2)20-9-8-16(12-20)11-19-14(3)10-15-4-6-17(18)7-5-15/h4-7,13-14,16,19H,8-12H2,1-3H3. The van der Waals surface area contributed by atoms with Crippen LogP contribution in [0.1, 0.15) is 32.8 Å². The van der Waals surface area contributed by atoms with Crippen molar-refractivity contribution in [3.8, 4) is 0 Å². The SMILES string of the molecule is CC(Cc1ccc(Br)cc1)NCC1CCN(C(C)C)C1. The van der Waals surface area contributed by atoms with Crippen molar-refractivity contribution < 1.29 is 0 Å². The van der Waals surface area contributed by atoms with Gasteiger partial charge in [0.1, 0.15) is 0 Å². The molecule has 1 aromatic carbocycles. The maximum absolute atomic E-state index is 3.71. The summed E-state index contributed by atoms with van der Waals surface area (Å²) in [6.45, 7) is 10.6. The van der Waals surface area contributed by atoms with Crippen LogP contribution < -0.4 is 5.32 Å². The molecule has 112 valence electrons. The van der Waals surface area contributed by atoms with E-state index >= 15 is 0 Å². The number of benzene rings is 1. The summed E-state index contributed by atoms with van der Waals surface area (Å²) in [6, 6.07) is 9.90. The van der Waals surface area contributed by atoms with E-state index in [1.54, 1.807) is 0 Å². The van der Waals surface area contributed by atoms with Gasteiger partial charge in [-0.25, -0.2) is 0 Å². The quantitative estimate of drug-likeness (QED) is 0.850. The van der Waals surface area contributed by atoms with Crippen molar-refractivity contribution in [2.75, 3.05) is 19.6 Å². The van der Waals surface area contributed by atoms with E-state index in [-0.39, 0.29) is 0 Å². The fourth-order valence-electron chi connectivity index (χ4n) is 2.91. The Morgan fingerprint density at radius 2 is 1.95 bits per heavy atom. The summed E-state index contributed by atoms with van der Waals surface area (Å²) in [5.41, 5.74) is 1.41. The molecule has 2 unspecified atom stereocenters. The van der Waals surface area contributed by atoms with Gasteiger partial charge in [0.25, 0.3) is 0 Å². The molecule has 20 heavy (non-hydrogen) atoms. The molecule has 3 heteroatoms. The third kappa shape index (κ3) is 4.87. The predicted octanol–water partition coefficient (Wildman–Crippen LogP) is 3.70. The highest BCUT2D eigenvalue weighted by Crippen LogP contribution is 2.18. The minimum absolute atomic E-state index is 0.546. The van der Waals surface area contributed by atoms with Gasteiger partial charge in [-0.1, -0.05) is 28.1 Å². The Balaban J connectivity index is 1.70. The van der Waals surface area contributed by atoms with E-state index in [1.165, 1.54) is 25.1 Å². The molecule has 2 atom stereocenters. The minimum atomic E-state index is 0.546. The van der Waals surface area contributed by atoms with Crippen LogP contribution in [0.15, 0.2) is 28.7 Å². The Kier molecular flexibility index (Phi) is 6.06. The van der Waals surface area contributed by atoms with Crippen molar-refractivity contribution in [3.05, 3.63) is 34.3 Å². The van der Waals surface area contributed by atoms with E-state index in [0.29, 0.717) is 12.1 Å². The van der Waals surface area contributed by atoms with Crippen LogP contribution in [-0.4, -0.2) is 36.6 Å². The van der Waals surface area contributed by atoms with Crippen LogP contribution in [0.5, 0.6) is 0 Å². The van der Waals surface area contributed by atoms with Gasteiger partial charge in [0.15, 0.2) is 0 Å². The molecule has 1 heterocycles.